The first-order valence-corrected chi connectivity index (χ1v) is 8.35. The van der Waals surface area contributed by atoms with E-state index in [1.807, 2.05) is 6.08 Å². The zero-order valence-electron chi connectivity index (χ0n) is 13.9. The zero-order valence-corrected chi connectivity index (χ0v) is 13.9. The second-order valence-electron chi connectivity index (χ2n) is 7.65. The molecule has 0 N–H and O–H groups in total. The molecule has 0 radical (unpaired) electrons. The van der Waals surface area contributed by atoms with Crippen molar-refractivity contribution < 1.29 is 6.16 Å². The molecular formula is C20H29NO. The minimum atomic E-state index is 0. The van der Waals surface area contributed by atoms with Crippen molar-refractivity contribution in [2.24, 2.45) is 10.4 Å². The normalized spacial score (nSPS) is 30.4. The molecule has 0 unspecified atom stereocenters. The predicted molar refractivity (Wildman–Crippen MR) is 96.1 cm³/mol. The molecule has 1 aliphatic heterocycles. The van der Waals surface area contributed by atoms with E-state index in [1.165, 1.54) is 37.7 Å². The zero-order chi connectivity index (χ0) is 15.8. The standard InChI is InChI=1S/C20H27NO.H2/c1-5-15-7-6-8-17(18(15)21-4)16-9-11-20(12-10-16)13-19(2,3)22-14-20;/h5-8,16H,1,4,9-14H2,2-3H3;1H. The monoisotopic (exact) mass is 299 g/mol. The third-order valence-electron chi connectivity index (χ3n) is 5.53. The lowest BCUT2D eigenvalue weighted by Gasteiger charge is -2.37. The summed E-state index contributed by atoms with van der Waals surface area (Å²) in [5, 5.41) is 0. The molecule has 2 aliphatic rings. The summed E-state index contributed by atoms with van der Waals surface area (Å²) in [6.07, 6.45) is 8.05. The van der Waals surface area contributed by atoms with Crippen LogP contribution in [0, 0.1) is 5.41 Å². The summed E-state index contributed by atoms with van der Waals surface area (Å²) < 4.78 is 6.01. The summed E-state index contributed by atoms with van der Waals surface area (Å²) in [6.45, 7) is 13.0. The van der Waals surface area contributed by atoms with E-state index in [4.69, 9.17) is 4.74 Å². The van der Waals surface area contributed by atoms with Gasteiger partial charge in [-0.25, -0.2) is 0 Å². The number of rotatable bonds is 3. The van der Waals surface area contributed by atoms with Crippen molar-refractivity contribution in [2.45, 2.75) is 57.5 Å². The largest absolute Gasteiger partial charge is 0.375 e. The molecule has 1 aromatic rings. The van der Waals surface area contributed by atoms with E-state index in [2.05, 4.69) is 50.3 Å². The Bertz CT molecular complexity index is 585. The topological polar surface area (TPSA) is 21.6 Å². The number of hydrogen-bond acceptors (Lipinski definition) is 2. The van der Waals surface area contributed by atoms with Gasteiger partial charge in [-0.15, -0.1) is 0 Å². The molecule has 2 nitrogen and oxygen atoms in total. The third kappa shape index (κ3) is 2.77. The summed E-state index contributed by atoms with van der Waals surface area (Å²) in [6, 6.07) is 6.40. The van der Waals surface area contributed by atoms with Gasteiger partial charge in [-0.3, -0.25) is 4.99 Å². The van der Waals surface area contributed by atoms with Crippen LogP contribution in [0.3, 0.4) is 0 Å². The van der Waals surface area contributed by atoms with Crippen molar-refractivity contribution in [3.05, 3.63) is 35.9 Å². The molecule has 3 rings (SSSR count). The lowest BCUT2D eigenvalue weighted by atomic mass is 9.66. The van der Waals surface area contributed by atoms with Gasteiger partial charge in [0.1, 0.15) is 0 Å². The van der Waals surface area contributed by atoms with Crippen molar-refractivity contribution in [3.63, 3.8) is 0 Å². The van der Waals surface area contributed by atoms with Gasteiger partial charge >= 0.3 is 0 Å². The van der Waals surface area contributed by atoms with Crippen LogP contribution in [0.1, 0.15) is 64.4 Å². The second-order valence-corrected chi connectivity index (χ2v) is 7.65. The van der Waals surface area contributed by atoms with Crippen molar-refractivity contribution in [1.29, 1.82) is 0 Å². The van der Waals surface area contributed by atoms with E-state index in [-0.39, 0.29) is 7.03 Å². The Morgan fingerprint density at radius 3 is 2.59 bits per heavy atom. The quantitative estimate of drug-likeness (QED) is 0.651. The first-order valence-electron chi connectivity index (χ1n) is 8.35. The molecular weight excluding hydrogens is 270 g/mol. The highest BCUT2D eigenvalue weighted by atomic mass is 16.5. The maximum Gasteiger partial charge on any atom is 0.0729 e. The number of ether oxygens (including phenoxy) is 1. The first-order chi connectivity index (χ1) is 10.5. The number of nitrogens with zero attached hydrogens (tertiary/aromatic N) is 1. The van der Waals surface area contributed by atoms with E-state index < -0.39 is 0 Å². The Kier molecular flexibility index (Phi) is 3.98. The summed E-state index contributed by atoms with van der Waals surface area (Å²) >= 11 is 0. The summed E-state index contributed by atoms with van der Waals surface area (Å²) in [7, 11) is 0. The molecule has 1 aliphatic carbocycles. The van der Waals surface area contributed by atoms with Crippen LogP contribution in [0.5, 0.6) is 0 Å². The average molecular weight is 299 g/mol. The smallest absolute Gasteiger partial charge is 0.0729 e. The molecule has 22 heavy (non-hydrogen) atoms. The predicted octanol–water partition coefficient (Wildman–Crippen LogP) is 5.75. The third-order valence-corrected chi connectivity index (χ3v) is 5.53. The Morgan fingerprint density at radius 2 is 2.05 bits per heavy atom. The van der Waals surface area contributed by atoms with Crippen LogP contribution in [-0.4, -0.2) is 18.9 Å². The highest BCUT2D eigenvalue weighted by Crippen LogP contribution is 2.52. The fraction of sp³-hybridized carbons (Fsp3) is 0.550. The first kappa shape index (κ1) is 15.5. The maximum absolute atomic E-state index is 6.01. The van der Waals surface area contributed by atoms with E-state index in [9.17, 15) is 0 Å². The summed E-state index contributed by atoms with van der Waals surface area (Å²) in [4.78, 5) is 4.28. The molecule has 0 aromatic heterocycles. The minimum absolute atomic E-state index is 0. The molecule has 1 saturated carbocycles. The Balaban J connectivity index is 0.00000192. The van der Waals surface area contributed by atoms with Crippen LogP contribution in [0.2, 0.25) is 0 Å². The Hall–Kier alpha value is -1.41. The van der Waals surface area contributed by atoms with Crippen molar-refractivity contribution in [2.75, 3.05) is 6.61 Å². The highest BCUT2D eigenvalue weighted by molar-refractivity contribution is 5.69. The molecule has 1 aromatic carbocycles. The van der Waals surface area contributed by atoms with Gasteiger partial charge in [-0.05, 0) is 75.1 Å². The lowest BCUT2D eigenvalue weighted by molar-refractivity contribution is 0.0281. The van der Waals surface area contributed by atoms with Gasteiger partial charge < -0.3 is 4.74 Å². The van der Waals surface area contributed by atoms with E-state index in [1.54, 1.807) is 0 Å². The van der Waals surface area contributed by atoms with Crippen LogP contribution in [0.4, 0.5) is 5.69 Å². The molecule has 1 heterocycles. The number of aliphatic imine (C=N–C) groups is 1. The molecule has 0 amide bonds. The Labute approximate surface area is 135 Å². The maximum atomic E-state index is 6.01. The highest BCUT2D eigenvalue weighted by Gasteiger charge is 2.46. The average Bonchev–Trinajstić information content (AvgIpc) is 2.82. The van der Waals surface area contributed by atoms with E-state index in [0.29, 0.717) is 11.3 Å². The Morgan fingerprint density at radius 1 is 1.32 bits per heavy atom. The van der Waals surface area contributed by atoms with Crippen molar-refractivity contribution >= 4 is 18.5 Å². The van der Waals surface area contributed by atoms with Gasteiger partial charge in [0.15, 0.2) is 0 Å². The molecule has 120 valence electrons. The van der Waals surface area contributed by atoms with Crippen LogP contribution < -0.4 is 0 Å². The van der Waals surface area contributed by atoms with Crippen LogP contribution in [0.15, 0.2) is 29.8 Å². The number of hydrogen-bond donors (Lipinski definition) is 0. The van der Waals surface area contributed by atoms with Crippen molar-refractivity contribution in [3.8, 4) is 0 Å². The van der Waals surface area contributed by atoms with Gasteiger partial charge in [-0.2, -0.15) is 0 Å². The molecule has 2 fully saturated rings. The summed E-state index contributed by atoms with van der Waals surface area (Å²) in [5.74, 6) is 0.592. The molecule has 2 heteroatoms. The fourth-order valence-electron chi connectivity index (χ4n) is 4.47. The van der Waals surface area contributed by atoms with Gasteiger partial charge in [0.25, 0.3) is 0 Å². The fourth-order valence-corrected chi connectivity index (χ4v) is 4.47. The van der Waals surface area contributed by atoms with Crippen molar-refractivity contribution in [1.82, 2.24) is 0 Å². The lowest BCUT2D eigenvalue weighted by Crippen LogP contribution is -2.28. The molecule has 0 bridgehead atoms. The van der Waals surface area contributed by atoms with Gasteiger partial charge in [-0.1, -0.05) is 30.9 Å². The second kappa shape index (κ2) is 5.66. The summed E-state index contributed by atoms with van der Waals surface area (Å²) in [5.41, 5.74) is 3.95. The molecule has 1 saturated heterocycles. The number of para-hydroxylation sites is 1. The van der Waals surface area contributed by atoms with E-state index in [0.717, 1.165) is 17.9 Å². The SMILES string of the molecule is C=Cc1cccc(C2CCC3(CC2)COC(C)(C)C3)c1N=C.[HH]. The van der Waals surface area contributed by atoms with E-state index >= 15 is 0 Å². The van der Waals surface area contributed by atoms with Crippen LogP contribution >= 0.6 is 0 Å². The van der Waals surface area contributed by atoms with Crippen LogP contribution in [0.25, 0.3) is 6.08 Å². The number of benzene rings is 1. The van der Waals surface area contributed by atoms with Gasteiger partial charge in [0.2, 0.25) is 0 Å². The minimum Gasteiger partial charge on any atom is -0.375 e. The molecule has 0 atom stereocenters. The van der Waals surface area contributed by atoms with Gasteiger partial charge in [0.05, 0.1) is 17.9 Å². The van der Waals surface area contributed by atoms with Crippen LogP contribution in [-0.2, 0) is 4.74 Å². The molecule has 1 spiro atoms. The van der Waals surface area contributed by atoms with Gasteiger partial charge in [0, 0.05) is 1.43 Å².